The third-order valence-electron chi connectivity index (χ3n) is 7.48. The molecule has 1 aliphatic heterocycles. The van der Waals surface area contributed by atoms with E-state index in [1.54, 1.807) is 29.2 Å². The van der Waals surface area contributed by atoms with Gasteiger partial charge in [0.15, 0.2) is 5.78 Å². The first-order valence-electron chi connectivity index (χ1n) is 13.1. The number of sulfonamides is 1. The van der Waals surface area contributed by atoms with Gasteiger partial charge < -0.3 is 10.3 Å². The lowest BCUT2D eigenvalue weighted by Gasteiger charge is -2.33. The second-order valence-corrected chi connectivity index (χ2v) is 12.0. The lowest BCUT2D eigenvalue weighted by molar-refractivity contribution is -0.138. The smallest absolute Gasteiger partial charge is 0.366 e. The Morgan fingerprint density at radius 1 is 0.976 bits per heavy atom. The molecule has 0 unspecified atom stereocenters. The Bertz CT molecular complexity index is 1770. The van der Waals surface area contributed by atoms with Gasteiger partial charge in [-0.25, -0.2) is 8.42 Å². The summed E-state index contributed by atoms with van der Waals surface area (Å²) in [4.78, 5) is 31.6. The molecule has 2 aromatic carbocycles. The summed E-state index contributed by atoms with van der Waals surface area (Å²) in [6, 6.07) is 14.8. The molecular formula is C29H28F3N5O4S. The summed E-state index contributed by atoms with van der Waals surface area (Å²) in [7, 11) is -3.85. The second kappa shape index (κ2) is 11.3. The monoisotopic (exact) mass is 599 g/mol. The van der Waals surface area contributed by atoms with E-state index < -0.39 is 33.5 Å². The number of alkyl halides is 3. The van der Waals surface area contributed by atoms with Crippen molar-refractivity contribution in [3.05, 3.63) is 94.9 Å². The van der Waals surface area contributed by atoms with Crippen LogP contribution in [-0.4, -0.2) is 71.6 Å². The van der Waals surface area contributed by atoms with E-state index in [9.17, 15) is 31.2 Å². The fraction of sp³-hybridized carbons (Fsp3) is 0.276. The van der Waals surface area contributed by atoms with Crippen molar-refractivity contribution in [2.24, 2.45) is 5.73 Å². The number of carbonyl (C=O) groups is 2. The summed E-state index contributed by atoms with van der Waals surface area (Å²) in [6.07, 6.45) is -3.07. The Kier molecular flexibility index (Phi) is 7.92. The van der Waals surface area contributed by atoms with Crippen LogP contribution in [0.5, 0.6) is 0 Å². The molecule has 42 heavy (non-hydrogen) atoms. The number of nitrogens with zero attached hydrogens (tertiary/aromatic N) is 4. The van der Waals surface area contributed by atoms with Gasteiger partial charge in [0.05, 0.1) is 28.9 Å². The van der Waals surface area contributed by atoms with Gasteiger partial charge in [0, 0.05) is 50.0 Å². The van der Waals surface area contributed by atoms with Crippen LogP contribution in [0.25, 0.3) is 10.9 Å². The number of nitrogens with two attached hydrogens (primary N) is 1. The van der Waals surface area contributed by atoms with Crippen molar-refractivity contribution in [1.82, 2.24) is 18.8 Å². The lowest BCUT2D eigenvalue weighted by Crippen LogP contribution is -2.49. The van der Waals surface area contributed by atoms with E-state index in [-0.39, 0.29) is 66.7 Å². The van der Waals surface area contributed by atoms with Crippen LogP contribution in [-0.2, 0) is 22.7 Å². The normalized spacial score (nSPS) is 15.2. The van der Waals surface area contributed by atoms with Crippen LogP contribution in [0.4, 0.5) is 13.2 Å². The number of ketones is 1. The van der Waals surface area contributed by atoms with Crippen LogP contribution < -0.4 is 5.73 Å². The SMILES string of the molecule is Cc1c(C(N)=O)cc(C(=O)CN2CCN(S(=O)(=O)c3cccc4cccnc34)CC2)n1Cc1ccccc1C(F)(F)F. The van der Waals surface area contributed by atoms with E-state index in [1.807, 2.05) is 0 Å². The van der Waals surface area contributed by atoms with Crippen molar-refractivity contribution in [2.45, 2.75) is 24.5 Å². The topological polar surface area (TPSA) is 119 Å². The number of hydrogen-bond acceptors (Lipinski definition) is 6. The minimum Gasteiger partial charge on any atom is -0.366 e. The standard InChI is InChI=1S/C29H28F3N5O4S/c1-19-22(28(33)39)16-24(37(19)17-21-6-2-3-9-23(21)29(30,31)32)25(38)18-35-12-14-36(15-13-35)42(40,41)26-10-4-7-20-8-5-11-34-27(20)26/h2-11,16H,12-15,17-18H2,1H3,(H2,33,39). The maximum atomic E-state index is 13.6. The molecule has 9 nitrogen and oxygen atoms in total. The quantitative estimate of drug-likeness (QED) is 0.309. The number of para-hydroxylation sites is 1. The average molecular weight is 600 g/mol. The number of aromatic nitrogens is 2. The van der Waals surface area contributed by atoms with Crippen LogP contribution in [0.1, 0.15) is 37.7 Å². The molecule has 0 atom stereocenters. The Hall–Kier alpha value is -4.07. The Balaban J connectivity index is 1.34. The predicted octanol–water partition coefficient (Wildman–Crippen LogP) is 3.70. The van der Waals surface area contributed by atoms with E-state index >= 15 is 0 Å². The number of rotatable bonds is 8. The van der Waals surface area contributed by atoms with Crippen molar-refractivity contribution in [1.29, 1.82) is 0 Å². The summed E-state index contributed by atoms with van der Waals surface area (Å²) >= 11 is 0. The number of benzene rings is 2. The van der Waals surface area contributed by atoms with Gasteiger partial charge in [-0.2, -0.15) is 17.5 Å². The minimum absolute atomic E-state index is 0.0439. The summed E-state index contributed by atoms with van der Waals surface area (Å²) in [5.74, 6) is -1.23. The molecular weight excluding hydrogens is 571 g/mol. The highest BCUT2D eigenvalue weighted by molar-refractivity contribution is 7.89. The fourth-order valence-corrected chi connectivity index (χ4v) is 6.86. The van der Waals surface area contributed by atoms with Gasteiger partial charge in [-0.3, -0.25) is 19.5 Å². The summed E-state index contributed by atoms with van der Waals surface area (Å²) < 4.78 is 70.6. The largest absolute Gasteiger partial charge is 0.416 e. The molecule has 0 radical (unpaired) electrons. The van der Waals surface area contributed by atoms with E-state index in [2.05, 4.69) is 4.98 Å². The number of pyridine rings is 1. The van der Waals surface area contributed by atoms with Crippen LogP contribution in [0.3, 0.4) is 0 Å². The van der Waals surface area contributed by atoms with E-state index in [1.165, 1.54) is 52.3 Å². The molecule has 0 aliphatic carbocycles. The van der Waals surface area contributed by atoms with Gasteiger partial charge in [0.1, 0.15) is 4.90 Å². The van der Waals surface area contributed by atoms with Gasteiger partial charge in [-0.1, -0.05) is 36.4 Å². The molecule has 0 saturated carbocycles. The average Bonchev–Trinajstić information content (AvgIpc) is 3.28. The minimum atomic E-state index is -4.60. The van der Waals surface area contributed by atoms with Crippen molar-refractivity contribution >= 4 is 32.6 Å². The third kappa shape index (κ3) is 5.67. The van der Waals surface area contributed by atoms with Gasteiger partial charge in [-0.05, 0) is 36.8 Å². The lowest BCUT2D eigenvalue weighted by atomic mass is 10.1. The fourth-order valence-electron chi connectivity index (χ4n) is 5.27. The van der Waals surface area contributed by atoms with Crippen LogP contribution in [0.15, 0.2) is 71.8 Å². The molecule has 1 amide bonds. The highest BCUT2D eigenvalue weighted by atomic mass is 32.2. The van der Waals surface area contributed by atoms with Gasteiger partial charge in [0.2, 0.25) is 10.0 Å². The van der Waals surface area contributed by atoms with Gasteiger partial charge in [-0.15, -0.1) is 0 Å². The first-order valence-corrected chi connectivity index (χ1v) is 14.6. The van der Waals surface area contributed by atoms with Gasteiger partial charge in [0.25, 0.3) is 5.91 Å². The van der Waals surface area contributed by atoms with Crippen LogP contribution >= 0.6 is 0 Å². The van der Waals surface area contributed by atoms with Crippen LogP contribution in [0.2, 0.25) is 0 Å². The molecule has 13 heteroatoms. The van der Waals surface area contributed by atoms with Crippen molar-refractivity contribution < 1.29 is 31.2 Å². The van der Waals surface area contributed by atoms with Gasteiger partial charge >= 0.3 is 6.18 Å². The number of fused-ring (bicyclic) bond motifs is 1. The van der Waals surface area contributed by atoms with Crippen LogP contribution in [0, 0.1) is 6.92 Å². The van der Waals surface area contributed by atoms with E-state index in [0.29, 0.717) is 10.9 Å². The number of Topliss-reactive ketones (excluding diaryl/α,β-unsaturated/α-hetero) is 1. The third-order valence-corrected chi connectivity index (χ3v) is 9.41. The number of amides is 1. The van der Waals surface area contributed by atoms with E-state index in [4.69, 9.17) is 5.73 Å². The molecule has 0 bridgehead atoms. The number of halogens is 3. The van der Waals surface area contributed by atoms with Crippen molar-refractivity contribution in [3.63, 3.8) is 0 Å². The maximum absolute atomic E-state index is 13.6. The Morgan fingerprint density at radius 3 is 2.36 bits per heavy atom. The highest BCUT2D eigenvalue weighted by Gasteiger charge is 2.34. The molecule has 5 rings (SSSR count). The molecule has 0 spiro atoms. The molecule has 2 N–H and O–H groups in total. The Labute approximate surface area is 240 Å². The zero-order valence-corrected chi connectivity index (χ0v) is 23.5. The zero-order chi connectivity index (χ0) is 30.2. The summed E-state index contributed by atoms with van der Waals surface area (Å²) in [5.41, 5.74) is 5.35. The molecule has 2 aromatic heterocycles. The van der Waals surface area contributed by atoms with Crippen molar-refractivity contribution in [2.75, 3.05) is 32.7 Å². The molecule has 1 fully saturated rings. The molecule has 3 heterocycles. The highest BCUT2D eigenvalue weighted by Crippen LogP contribution is 2.33. The molecule has 1 saturated heterocycles. The predicted molar refractivity (Wildman–Crippen MR) is 150 cm³/mol. The molecule has 220 valence electrons. The second-order valence-electron chi connectivity index (χ2n) is 10.1. The Morgan fingerprint density at radius 2 is 1.67 bits per heavy atom. The molecule has 4 aromatic rings. The summed E-state index contributed by atoms with van der Waals surface area (Å²) in [6.45, 7) is 1.88. The number of carbonyl (C=O) groups excluding carboxylic acids is 2. The number of piperazine rings is 1. The van der Waals surface area contributed by atoms with E-state index in [0.717, 1.165) is 6.07 Å². The maximum Gasteiger partial charge on any atom is 0.416 e. The molecule has 1 aliphatic rings. The first kappa shape index (κ1) is 29.4. The first-order chi connectivity index (χ1) is 19.9. The van der Waals surface area contributed by atoms with Crippen molar-refractivity contribution in [3.8, 4) is 0 Å². The number of hydrogen-bond donors (Lipinski definition) is 1. The zero-order valence-electron chi connectivity index (χ0n) is 22.6. The summed E-state index contributed by atoms with van der Waals surface area (Å²) in [5, 5.41) is 0.703. The number of primary amides is 1.